The summed E-state index contributed by atoms with van der Waals surface area (Å²) in [6.07, 6.45) is 1.71. The maximum Gasteiger partial charge on any atom is 0.0542 e. The normalized spacial score (nSPS) is 12.5. The monoisotopic (exact) mass is 378 g/mol. The number of rotatable bonds is 2. The van der Waals surface area contributed by atoms with Gasteiger partial charge in [-0.25, -0.2) is 0 Å². The highest BCUT2D eigenvalue weighted by Crippen LogP contribution is 2.37. The number of benzene rings is 3. The Hall–Kier alpha value is -1.16. The summed E-state index contributed by atoms with van der Waals surface area (Å²) in [6, 6.07) is 17.7. The summed E-state index contributed by atoms with van der Waals surface area (Å²) in [5, 5.41) is 2.74. The van der Waals surface area contributed by atoms with E-state index in [1.807, 2.05) is 54.6 Å². The van der Waals surface area contributed by atoms with Gasteiger partial charge in [-0.15, -0.1) is 0 Å². The molecule has 1 atom stereocenters. The van der Waals surface area contributed by atoms with Crippen LogP contribution in [0.15, 0.2) is 64.0 Å². The van der Waals surface area contributed by atoms with E-state index in [0.29, 0.717) is 5.02 Å². The second kappa shape index (κ2) is 5.91. The predicted octanol–water partition coefficient (Wildman–Crippen LogP) is 5.66. The number of fused-ring (bicyclic) bond motifs is 1. The first-order valence-electron chi connectivity index (χ1n) is 6.38. The van der Waals surface area contributed by atoms with Crippen LogP contribution in [0.1, 0.15) is 0 Å². The Morgan fingerprint density at radius 2 is 1.76 bits per heavy atom. The molecule has 0 aliphatic carbocycles. The first-order valence-corrected chi connectivity index (χ1v) is 9.11. The van der Waals surface area contributed by atoms with Crippen LogP contribution in [-0.2, 0) is 10.8 Å². The van der Waals surface area contributed by atoms with Gasteiger partial charge >= 0.3 is 0 Å². The fourth-order valence-corrected chi connectivity index (χ4v) is 4.03. The second-order valence-corrected chi connectivity index (χ2v) is 7.38. The van der Waals surface area contributed by atoms with Crippen LogP contribution in [0.2, 0.25) is 5.02 Å². The number of halogens is 2. The molecule has 0 saturated carbocycles. The van der Waals surface area contributed by atoms with Gasteiger partial charge in [-0.05, 0) is 34.5 Å². The molecule has 0 aromatic heterocycles. The van der Waals surface area contributed by atoms with Gasteiger partial charge in [-0.2, -0.15) is 0 Å². The van der Waals surface area contributed by atoms with Crippen LogP contribution in [0.3, 0.4) is 0 Å². The molecule has 0 aliphatic rings. The third-order valence-electron chi connectivity index (χ3n) is 3.39. The zero-order chi connectivity index (χ0) is 15.0. The smallest absolute Gasteiger partial charge is 0.0542 e. The van der Waals surface area contributed by atoms with E-state index >= 15 is 0 Å². The van der Waals surface area contributed by atoms with Crippen LogP contribution in [-0.4, -0.2) is 10.5 Å². The Morgan fingerprint density at radius 3 is 2.52 bits per heavy atom. The molecular formula is C17H12BrClOS. The van der Waals surface area contributed by atoms with E-state index in [1.165, 1.54) is 0 Å². The first kappa shape index (κ1) is 14.8. The van der Waals surface area contributed by atoms with Gasteiger partial charge in [0.2, 0.25) is 0 Å². The summed E-state index contributed by atoms with van der Waals surface area (Å²) in [6.45, 7) is 0. The van der Waals surface area contributed by atoms with Crippen molar-refractivity contribution in [1.29, 1.82) is 0 Å². The van der Waals surface area contributed by atoms with Crippen molar-refractivity contribution in [3.8, 4) is 11.1 Å². The second-order valence-electron chi connectivity index (χ2n) is 4.74. The highest BCUT2D eigenvalue weighted by Gasteiger charge is 2.15. The van der Waals surface area contributed by atoms with Crippen molar-refractivity contribution in [3.05, 3.63) is 64.1 Å². The molecule has 21 heavy (non-hydrogen) atoms. The zero-order valence-electron chi connectivity index (χ0n) is 11.3. The average molecular weight is 380 g/mol. The molecule has 106 valence electrons. The van der Waals surface area contributed by atoms with Crippen LogP contribution in [0, 0.1) is 0 Å². The molecule has 0 amide bonds. The van der Waals surface area contributed by atoms with Gasteiger partial charge in [0.25, 0.3) is 0 Å². The molecule has 0 saturated heterocycles. The Balaban J connectivity index is 2.40. The van der Waals surface area contributed by atoms with Crippen molar-refractivity contribution in [2.75, 3.05) is 6.26 Å². The van der Waals surface area contributed by atoms with Gasteiger partial charge in [0.05, 0.1) is 15.7 Å². The van der Waals surface area contributed by atoms with Gasteiger partial charge in [0, 0.05) is 21.3 Å². The summed E-state index contributed by atoms with van der Waals surface area (Å²) in [7, 11) is -1.10. The molecular weight excluding hydrogens is 368 g/mol. The zero-order valence-corrected chi connectivity index (χ0v) is 14.4. The number of hydrogen-bond acceptors (Lipinski definition) is 1. The van der Waals surface area contributed by atoms with Crippen molar-refractivity contribution in [2.24, 2.45) is 0 Å². The molecule has 0 N–H and O–H groups in total. The highest BCUT2D eigenvalue weighted by molar-refractivity contribution is 9.10. The topological polar surface area (TPSA) is 17.1 Å². The minimum atomic E-state index is -1.10. The lowest BCUT2D eigenvalue weighted by Crippen LogP contribution is -1.95. The van der Waals surface area contributed by atoms with E-state index in [1.54, 1.807) is 6.26 Å². The lowest BCUT2D eigenvalue weighted by molar-refractivity contribution is 0.687. The molecule has 0 aliphatic heterocycles. The van der Waals surface area contributed by atoms with Gasteiger partial charge in [0.1, 0.15) is 0 Å². The fourth-order valence-electron chi connectivity index (χ4n) is 2.47. The van der Waals surface area contributed by atoms with Crippen LogP contribution in [0.25, 0.3) is 21.9 Å². The maximum atomic E-state index is 12.3. The summed E-state index contributed by atoms with van der Waals surface area (Å²) in [4.78, 5) is 0.827. The molecule has 0 heterocycles. The van der Waals surface area contributed by atoms with E-state index < -0.39 is 10.8 Å². The van der Waals surface area contributed by atoms with Crippen molar-refractivity contribution < 1.29 is 4.21 Å². The molecule has 3 aromatic rings. The van der Waals surface area contributed by atoms with Crippen LogP contribution < -0.4 is 0 Å². The van der Waals surface area contributed by atoms with Crippen LogP contribution in [0.4, 0.5) is 0 Å². The van der Waals surface area contributed by atoms with Gasteiger partial charge < -0.3 is 0 Å². The first-order chi connectivity index (χ1) is 10.1. The molecule has 3 aromatic carbocycles. The Bertz CT molecular complexity index is 861. The third-order valence-corrected chi connectivity index (χ3v) is 5.22. The lowest BCUT2D eigenvalue weighted by Gasteiger charge is -2.13. The van der Waals surface area contributed by atoms with Gasteiger partial charge in [0.15, 0.2) is 0 Å². The minimum absolute atomic E-state index is 0.653. The molecule has 1 unspecified atom stereocenters. The maximum absolute atomic E-state index is 12.3. The molecule has 4 heteroatoms. The predicted molar refractivity (Wildman–Crippen MR) is 94.4 cm³/mol. The summed E-state index contributed by atoms with van der Waals surface area (Å²) in [5.74, 6) is 0. The average Bonchev–Trinajstić information content (AvgIpc) is 2.48. The fraction of sp³-hybridized carbons (Fsp3) is 0.0588. The third kappa shape index (κ3) is 2.78. The standard InChI is InChI=1S/C17H12BrClOS/c1-21(20)17-13-5-3-2-4-11(13)6-8-14(17)15-10-12(18)7-9-16(15)19/h2-10H,1H3. The van der Waals surface area contributed by atoms with E-state index in [4.69, 9.17) is 11.6 Å². The van der Waals surface area contributed by atoms with Crippen molar-refractivity contribution in [1.82, 2.24) is 0 Å². The molecule has 1 nitrogen and oxygen atoms in total. The minimum Gasteiger partial charge on any atom is -0.255 e. The number of hydrogen-bond donors (Lipinski definition) is 0. The van der Waals surface area contributed by atoms with E-state index in [2.05, 4.69) is 15.9 Å². The Kier molecular flexibility index (Phi) is 4.16. The van der Waals surface area contributed by atoms with Crippen molar-refractivity contribution in [3.63, 3.8) is 0 Å². The summed E-state index contributed by atoms with van der Waals surface area (Å²) >= 11 is 9.81. The van der Waals surface area contributed by atoms with Crippen LogP contribution >= 0.6 is 27.5 Å². The lowest BCUT2D eigenvalue weighted by atomic mass is 10.0. The molecule has 3 rings (SSSR count). The van der Waals surface area contributed by atoms with E-state index in [0.717, 1.165) is 31.3 Å². The molecule has 0 fully saturated rings. The molecule has 0 bridgehead atoms. The van der Waals surface area contributed by atoms with Crippen LogP contribution in [0.5, 0.6) is 0 Å². The summed E-state index contributed by atoms with van der Waals surface area (Å²) in [5.41, 5.74) is 1.81. The largest absolute Gasteiger partial charge is 0.255 e. The molecule has 0 radical (unpaired) electrons. The Labute approximate surface area is 139 Å². The van der Waals surface area contributed by atoms with E-state index in [-0.39, 0.29) is 0 Å². The van der Waals surface area contributed by atoms with E-state index in [9.17, 15) is 4.21 Å². The van der Waals surface area contributed by atoms with Crippen molar-refractivity contribution >= 4 is 49.1 Å². The van der Waals surface area contributed by atoms with Gasteiger partial charge in [-0.3, -0.25) is 4.21 Å². The van der Waals surface area contributed by atoms with Gasteiger partial charge in [-0.1, -0.05) is 63.9 Å². The Morgan fingerprint density at radius 1 is 1.00 bits per heavy atom. The SMILES string of the molecule is CS(=O)c1c(-c2cc(Br)ccc2Cl)ccc2ccccc12. The molecule has 0 spiro atoms. The summed E-state index contributed by atoms with van der Waals surface area (Å²) < 4.78 is 13.3. The van der Waals surface area contributed by atoms with Crippen molar-refractivity contribution in [2.45, 2.75) is 4.90 Å². The quantitative estimate of drug-likeness (QED) is 0.561. The highest BCUT2D eigenvalue weighted by atomic mass is 79.9.